The van der Waals surface area contributed by atoms with Crippen molar-refractivity contribution in [3.63, 3.8) is 0 Å². The van der Waals surface area contributed by atoms with Gasteiger partial charge >= 0.3 is 5.97 Å². The van der Waals surface area contributed by atoms with Gasteiger partial charge in [-0.15, -0.1) is 0 Å². The molecule has 0 heterocycles. The van der Waals surface area contributed by atoms with Gasteiger partial charge in [-0.25, -0.2) is 0 Å². The molecule has 1 aromatic carbocycles. The third-order valence-corrected chi connectivity index (χ3v) is 3.76. The van der Waals surface area contributed by atoms with Gasteiger partial charge in [0.25, 0.3) is 0 Å². The molecule has 5 nitrogen and oxygen atoms in total. The van der Waals surface area contributed by atoms with Crippen molar-refractivity contribution in [1.82, 2.24) is 4.90 Å². The molecule has 1 atom stereocenters. The number of methoxy groups -OCH3 is 1. The zero-order valence-electron chi connectivity index (χ0n) is 11.8. The molecule has 1 aromatic rings. The van der Waals surface area contributed by atoms with Gasteiger partial charge in [0.2, 0.25) is 5.91 Å². The van der Waals surface area contributed by atoms with Gasteiger partial charge in [-0.2, -0.15) is 0 Å². The Morgan fingerprint density at radius 2 is 2.00 bits per heavy atom. The van der Waals surface area contributed by atoms with Crippen molar-refractivity contribution in [2.24, 2.45) is 0 Å². The van der Waals surface area contributed by atoms with Crippen LogP contribution in [0.15, 0.2) is 18.2 Å². The minimum Gasteiger partial charge on any atom is -0.480 e. The normalized spacial score (nSPS) is 12.0. The number of aliphatic carboxylic acids is 1. The molecule has 116 valence electrons. The predicted octanol–water partition coefficient (Wildman–Crippen LogP) is 2.66. The van der Waals surface area contributed by atoms with Crippen LogP contribution in [0.4, 0.5) is 0 Å². The highest BCUT2D eigenvalue weighted by atomic mass is 35.5. The summed E-state index contributed by atoms with van der Waals surface area (Å²) in [5, 5.41) is 9.65. The molecule has 21 heavy (non-hydrogen) atoms. The number of benzene rings is 1. The summed E-state index contributed by atoms with van der Waals surface area (Å²) in [6.45, 7) is 1.82. The number of rotatable bonds is 7. The highest BCUT2D eigenvalue weighted by molar-refractivity contribution is 6.42. The Morgan fingerprint density at radius 1 is 1.33 bits per heavy atom. The van der Waals surface area contributed by atoms with Crippen molar-refractivity contribution >= 4 is 35.1 Å². The lowest BCUT2D eigenvalue weighted by atomic mass is 9.99. The van der Waals surface area contributed by atoms with E-state index in [9.17, 15) is 9.59 Å². The first kappa shape index (κ1) is 17.8. The molecule has 1 amide bonds. The minimum atomic E-state index is -1.07. The van der Waals surface area contributed by atoms with Gasteiger partial charge in [0.05, 0.1) is 22.6 Å². The van der Waals surface area contributed by atoms with E-state index in [1.54, 1.807) is 25.1 Å². The first-order chi connectivity index (χ1) is 9.86. The number of carboxylic acid groups (broad SMARTS) is 1. The van der Waals surface area contributed by atoms with Crippen LogP contribution in [0.1, 0.15) is 18.4 Å². The van der Waals surface area contributed by atoms with Gasteiger partial charge < -0.3 is 14.7 Å². The number of nitrogens with zero attached hydrogens (tertiary/aromatic N) is 1. The van der Waals surface area contributed by atoms with Gasteiger partial charge in [0, 0.05) is 13.7 Å². The summed E-state index contributed by atoms with van der Waals surface area (Å²) < 4.78 is 4.90. The van der Waals surface area contributed by atoms with Crippen LogP contribution in [0.25, 0.3) is 0 Å². The molecule has 0 aromatic heterocycles. The average molecular weight is 334 g/mol. The van der Waals surface area contributed by atoms with Crippen LogP contribution in [0.2, 0.25) is 10.0 Å². The average Bonchev–Trinajstić information content (AvgIpc) is 2.44. The molecule has 0 aliphatic rings. The van der Waals surface area contributed by atoms with Gasteiger partial charge in [-0.3, -0.25) is 9.59 Å². The maximum Gasteiger partial charge on any atom is 0.323 e. The van der Waals surface area contributed by atoms with Crippen LogP contribution in [0.5, 0.6) is 0 Å². The monoisotopic (exact) mass is 333 g/mol. The lowest BCUT2D eigenvalue weighted by Gasteiger charge is -2.24. The summed E-state index contributed by atoms with van der Waals surface area (Å²) in [4.78, 5) is 24.5. The molecule has 7 heteroatoms. The summed E-state index contributed by atoms with van der Waals surface area (Å²) in [6, 6.07) is 4.92. The molecule has 1 unspecified atom stereocenters. The Hall–Kier alpha value is -1.30. The highest BCUT2D eigenvalue weighted by Crippen LogP contribution is 2.27. The van der Waals surface area contributed by atoms with Gasteiger partial charge in [0.15, 0.2) is 0 Å². The second-order valence-electron chi connectivity index (χ2n) is 4.54. The predicted molar refractivity (Wildman–Crippen MR) is 81.0 cm³/mol. The summed E-state index contributed by atoms with van der Waals surface area (Å²) in [5.41, 5.74) is 0.683. The fraction of sp³-hybridized carbons (Fsp3) is 0.429. The van der Waals surface area contributed by atoms with Crippen LogP contribution in [-0.4, -0.2) is 48.7 Å². The van der Waals surface area contributed by atoms with E-state index in [0.29, 0.717) is 15.6 Å². The number of carboxylic acids is 1. The topological polar surface area (TPSA) is 66.8 Å². The number of hydrogen-bond acceptors (Lipinski definition) is 3. The quantitative estimate of drug-likeness (QED) is 0.832. The standard InChI is InChI=1S/C14H17Cl2NO4/c1-9(10-3-4-11(15)12(16)7-10)14(20)17(5-6-21-2)8-13(18)19/h3-4,7,9H,5-6,8H2,1-2H3,(H,18,19). The number of halogens is 2. The van der Waals surface area contributed by atoms with Gasteiger partial charge in [-0.1, -0.05) is 29.3 Å². The van der Waals surface area contributed by atoms with Crippen LogP contribution in [-0.2, 0) is 14.3 Å². The molecule has 0 aliphatic carbocycles. The van der Waals surface area contributed by atoms with E-state index >= 15 is 0 Å². The summed E-state index contributed by atoms with van der Waals surface area (Å²) in [7, 11) is 1.49. The van der Waals surface area contributed by atoms with E-state index in [1.807, 2.05) is 0 Å². The van der Waals surface area contributed by atoms with Crippen LogP contribution in [0, 0.1) is 0 Å². The van der Waals surface area contributed by atoms with Crippen molar-refractivity contribution in [3.05, 3.63) is 33.8 Å². The smallest absolute Gasteiger partial charge is 0.323 e. The van der Waals surface area contributed by atoms with E-state index in [2.05, 4.69) is 0 Å². The molecule has 0 radical (unpaired) electrons. The summed E-state index contributed by atoms with van der Waals surface area (Å²) >= 11 is 11.8. The van der Waals surface area contributed by atoms with Crippen molar-refractivity contribution in [2.45, 2.75) is 12.8 Å². The molecule has 0 aliphatic heterocycles. The molecule has 1 N–H and O–H groups in total. The van der Waals surface area contributed by atoms with E-state index in [4.69, 9.17) is 33.0 Å². The SMILES string of the molecule is COCCN(CC(=O)O)C(=O)C(C)c1ccc(Cl)c(Cl)c1. The first-order valence-electron chi connectivity index (χ1n) is 6.31. The van der Waals surface area contributed by atoms with Gasteiger partial charge in [-0.05, 0) is 24.6 Å². The lowest BCUT2D eigenvalue weighted by Crippen LogP contribution is -2.40. The molecule has 0 saturated heterocycles. The molecular weight excluding hydrogens is 317 g/mol. The van der Waals surface area contributed by atoms with Crippen molar-refractivity contribution < 1.29 is 19.4 Å². The maximum absolute atomic E-state index is 12.4. The Labute approximate surface area is 133 Å². The second-order valence-corrected chi connectivity index (χ2v) is 5.36. The molecule has 1 rings (SSSR count). The van der Waals surface area contributed by atoms with E-state index in [0.717, 1.165) is 0 Å². The number of hydrogen-bond donors (Lipinski definition) is 1. The summed E-state index contributed by atoms with van der Waals surface area (Å²) in [6.07, 6.45) is 0. The second kappa shape index (κ2) is 8.22. The van der Waals surface area contributed by atoms with Crippen molar-refractivity contribution in [3.8, 4) is 0 Å². The van der Waals surface area contributed by atoms with Gasteiger partial charge in [0.1, 0.15) is 6.54 Å². The zero-order chi connectivity index (χ0) is 16.0. The Morgan fingerprint density at radius 3 is 2.52 bits per heavy atom. The van der Waals surface area contributed by atoms with Crippen LogP contribution >= 0.6 is 23.2 Å². The highest BCUT2D eigenvalue weighted by Gasteiger charge is 2.24. The third kappa shape index (κ3) is 5.19. The molecule has 0 spiro atoms. The molecular formula is C14H17Cl2NO4. The largest absolute Gasteiger partial charge is 0.480 e. The fourth-order valence-corrected chi connectivity index (χ4v) is 2.14. The molecule has 0 saturated carbocycles. The maximum atomic E-state index is 12.4. The fourth-order valence-electron chi connectivity index (χ4n) is 1.83. The number of carbonyl (C=O) groups excluding carboxylic acids is 1. The number of ether oxygens (including phenoxy) is 1. The van der Waals surface area contributed by atoms with Crippen molar-refractivity contribution in [2.75, 3.05) is 26.8 Å². The number of amides is 1. The lowest BCUT2D eigenvalue weighted by molar-refractivity contribution is -0.145. The third-order valence-electron chi connectivity index (χ3n) is 3.02. The molecule has 0 fully saturated rings. The van der Waals surface area contributed by atoms with Crippen LogP contribution < -0.4 is 0 Å². The van der Waals surface area contributed by atoms with Crippen molar-refractivity contribution in [1.29, 1.82) is 0 Å². The minimum absolute atomic E-state index is 0.216. The molecule has 0 bridgehead atoms. The summed E-state index contributed by atoms with van der Waals surface area (Å²) in [5.74, 6) is -1.88. The van der Waals surface area contributed by atoms with E-state index in [1.165, 1.54) is 12.0 Å². The Kier molecular flexibility index (Phi) is 6.95. The Balaban J connectivity index is 2.89. The first-order valence-corrected chi connectivity index (χ1v) is 7.07. The number of carbonyl (C=O) groups is 2. The van der Waals surface area contributed by atoms with E-state index in [-0.39, 0.29) is 25.6 Å². The zero-order valence-corrected chi connectivity index (χ0v) is 13.3. The Bertz CT molecular complexity index is 522. The van der Waals surface area contributed by atoms with E-state index < -0.39 is 11.9 Å². The van der Waals surface area contributed by atoms with Crippen LogP contribution in [0.3, 0.4) is 0 Å².